The lowest BCUT2D eigenvalue weighted by Gasteiger charge is -2.16. The lowest BCUT2D eigenvalue weighted by atomic mass is 10.0. The van der Waals surface area contributed by atoms with Crippen LogP contribution in [0.1, 0.15) is 80.4 Å². The molecule has 2 aromatic rings. The fraction of sp³-hybridized carbons (Fsp3) is 0.684. The zero-order valence-corrected chi connectivity index (χ0v) is 15.6. The summed E-state index contributed by atoms with van der Waals surface area (Å²) < 4.78 is 5.45. The van der Waals surface area contributed by atoms with Crippen LogP contribution in [0.3, 0.4) is 0 Å². The van der Waals surface area contributed by atoms with Crippen molar-refractivity contribution in [2.75, 3.05) is 11.9 Å². The van der Waals surface area contributed by atoms with Gasteiger partial charge in [0.1, 0.15) is 0 Å². The normalized spacial score (nSPS) is 25.8. The van der Waals surface area contributed by atoms with Crippen LogP contribution < -0.4 is 5.32 Å². The van der Waals surface area contributed by atoms with Crippen LogP contribution in [0.25, 0.3) is 0 Å². The summed E-state index contributed by atoms with van der Waals surface area (Å²) in [6.07, 6.45) is 3.45. The summed E-state index contributed by atoms with van der Waals surface area (Å²) in [6.45, 7) is 6.86. The van der Waals surface area contributed by atoms with Gasteiger partial charge < -0.3 is 14.9 Å². The van der Waals surface area contributed by atoms with E-state index in [0.717, 1.165) is 36.5 Å². The predicted octanol–water partition coefficient (Wildman–Crippen LogP) is 3.14. The third-order valence-corrected chi connectivity index (χ3v) is 5.39. The molecule has 26 heavy (non-hydrogen) atoms. The lowest BCUT2D eigenvalue weighted by molar-refractivity contribution is 0.137. The molecule has 0 radical (unpaired) electrons. The van der Waals surface area contributed by atoms with Crippen molar-refractivity contribution in [1.29, 1.82) is 0 Å². The van der Waals surface area contributed by atoms with Gasteiger partial charge in [-0.1, -0.05) is 19.0 Å². The quantitative estimate of drug-likeness (QED) is 0.819. The maximum atomic E-state index is 10.5. The molecule has 3 atom stereocenters. The predicted molar refractivity (Wildman–Crippen MR) is 97.1 cm³/mol. The molecule has 2 aliphatic carbocycles. The summed E-state index contributed by atoms with van der Waals surface area (Å²) in [6, 6.07) is 2.02. The second kappa shape index (κ2) is 6.95. The van der Waals surface area contributed by atoms with E-state index in [1.54, 1.807) is 0 Å². The Morgan fingerprint density at radius 1 is 1.19 bits per heavy atom. The fourth-order valence-electron chi connectivity index (χ4n) is 3.63. The minimum atomic E-state index is -0.377. The molecule has 4 rings (SSSR count). The lowest BCUT2D eigenvalue weighted by Crippen LogP contribution is -2.23. The molecule has 0 bridgehead atoms. The zero-order valence-electron chi connectivity index (χ0n) is 15.6. The molecule has 140 valence electrons. The van der Waals surface area contributed by atoms with Crippen LogP contribution in [-0.2, 0) is 0 Å². The van der Waals surface area contributed by atoms with Crippen molar-refractivity contribution >= 4 is 5.95 Å². The number of aliphatic hydroxyl groups is 1. The fourth-order valence-corrected chi connectivity index (χ4v) is 3.63. The monoisotopic (exact) mass is 357 g/mol. The Morgan fingerprint density at radius 2 is 2.00 bits per heavy atom. The number of hydrogen-bond acceptors (Lipinski definition) is 7. The second-order valence-corrected chi connectivity index (χ2v) is 8.05. The molecule has 7 nitrogen and oxygen atoms in total. The molecule has 7 heteroatoms. The van der Waals surface area contributed by atoms with E-state index in [1.165, 1.54) is 0 Å². The Bertz CT molecular complexity index is 771. The molecule has 0 aromatic carbocycles. The van der Waals surface area contributed by atoms with Gasteiger partial charge in [-0.25, -0.2) is 9.97 Å². The summed E-state index contributed by atoms with van der Waals surface area (Å²) in [5, 5.41) is 17.9. The van der Waals surface area contributed by atoms with Gasteiger partial charge in [0, 0.05) is 35.7 Å². The highest BCUT2D eigenvalue weighted by Crippen LogP contribution is 2.41. The smallest absolute Gasteiger partial charge is 0.229 e. The van der Waals surface area contributed by atoms with Gasteiger partial charge in [-0.15, -0.1) is 0 Å². The zero-order chi connectivity index (χ0) is 18.3. The molecule has 0 amide bonds. The van der Waals surface area contributed by atoms with Gasteiger partial charge in [-0.05, 0) is 44.6 Å². The maximum absolute atomic E-state index is 10.5. The number of aryl methyl sites for hydroxylation is 1. The Morgan fingerprint density at radius 3 is 2.73 bits per heavy atom. The van der Waals surface area contributed by atoms with Crippen LogP contribution in [0.5, 0.6) is 0 Å². The van der Waals surface area contributed by atoms with E-state index in [0.29, 0.717) is 36.6 Å². The number of rotatable bonds is 6. The SMILES string of the molecule is Cc1cc(C(C)C)nc(NC[C@H]2C[C@H](c3nc(C4CC4)no3)C[C@H]2O)n1. The first-order valence-electron chi connectivity index (χ1n) is 9.60. The topological polar surface area (TPSA) is 97.0 Å². The average Bonchev–Trinajstić information content (AvgIpc) is 3.21. The molecule has 2 aromatic heterocycles. The number of nitrogens with one attached hydrogen (secondary N) is 1. The molecule has 2 N–H and O–H groups in total. The van der Waals surface area contributed by atoms with Crippen molar-refractivity contribution in [3.8, 4) is 0 Å². The molecule has 2 heterocycles. The van der Waals surface area contributed by atoms with Crippen LogP contribution in [0.2, 0.25) is 0 Å². The first-order chi connectivity index (χ1) is 12.5. The van der Waals surface area contributed by atoms with Crippen LogP contribution in [0, 0.1) is 12.8 Å². The Kier molecular flexibility index (Phi) is 4.65. The third kappa shape index (κ3) is 3.72. The minimum absolute atomic E-state index is 0.128. The van der Waals surface area contributed by atoms with Crippen molar-refractivity contribution < 1.29 is 9.63 Å². The van der Waals surface area contributed by atoms with Crippen LogP contribution >= 0.6 is 0 Å². The summed E-state index contributed by atoms with van der Waals surface area (Å²) in [5.74, 6) is 3.28. The summed E-state index contributed by atoms with van der Waals surface area (Å²) in [5.41, 5.74) is 1.98. The summed E-state index contributed by atoms with van der Waals surface area (Å²) >= 11 is 0. The summed E-state index contributed by atoms with van der Waals surface area (Å²) in [4.78, 5) is 13.6. The highest BCUT2D eigenvalue weighted by Gasteiger charge is 2.38. The number of hydrogen-bond donors (Lipinski definition) is 2. The van der Waals surface area contributed by atoms with Crippen molar-refractivity contribution in [3.63, 3.8) is 0 Å². The molecular weight excluding hydrogens is 330 g/mol. The molecular formula is C19H27N5O2. The van der Waals surface area contributed by atoms with Crippen molar-refractivity contribution in [1.82, 2.24) is 20.1 Å². The van der Waals surface area contributed by atoms with E-state index < -0.39 is 0 Å². The van der Waals surface area contributed by atoms with Crippen LogP contribution in [0.4, 0.5) is 5.95 Å². The Balaban J connectivity index is 1.38. The van der Waals surface area contributed by atoms with Crippen LogP contribution in [0.15, 0.2) is 10.6 Å². The van der Waals surface area contributed by atoms with Gasteiger partial charge in [0.2, 0.25) is 11.8 Å². The molecule has 0 aliphatic heterocycles. The highest BCUT2D eigenvalue weighted by atomic mass is 16.5. The second-order valence-electron chi connectivity index (χ2n) is 8.05. The van der Waals surface area contributed by atoms with E-state index in [-0.39, 0.29) is 17.9 Å². The molecule has 2 saturated carbocycles. The van der Waals surface area contributed by atoms with Gasteiger partial charge in [-0.3, -0.25) is 0 Å². The standard InChI is InChI=1S/C19H27N5O2/c1-10(2)15-6-11(3)21-19(22-15)20-9-14-7-13(8-16(14)25)18-23-17(24-26-18)12-4-5-12/h6,10,12-14,16,25H,4-5,7-9H2,1-3H3,(H,20,21,22)/t13-,14+,16+/m0/s1. The first kappa shape index (κ1) is 17.4. The van der Waals surface area contributed by atoms with Gasteiger partial charge in [0.15, 0.2) is 5.82 Å². The van der Waals surface area contributed by atoms with Gasteiger partial charge >= 0.3 is 0 Å². The van der Waals surface area contributed by atoms with Crippen LogP contribution in [-0.4, -0.2) is 37.9 Å². The molecule has 0 spiro atoms. The third-order valence-electron chi connectivity index (χ3n) is 5.39. The number of anilines is 1. The van der Waals surface area contributed by atoms with E-state index >= 15 is 0 Å². The molecule has 0 saturated heterocycles. The number of nitrogens with zero attached hydrogens (tertiary/aromatic N) is 4. The first-order valence-corrected chi connectivity index (χ1v) is 9.60. The average molecular weight is 357 g/mol. The Labute approximate surface area is 153 Å². The minimum Gasteiger partial charge on any atom is -0.393 e. The van der Waals surface area contributed by atoms with E-state index in [4.69, 9.17) is 4.52 Å². The van der Waals surface area contributed by atoms with Gasteiger partial charge in [0.05, 0.1) is 6.10 Å². The highest BCUT2D eigenvalue weighted by molar-refractivity contribution is 5.29. The van der Waals surface area contributed by atoms with E-state index in [2.05, 4.69) is 39.3 Å². The van der Waals surface area contributed by atoms with Gasteiger partial charge in [-0.2, -0.15) is 4.98 Å². The summed E-state index contributed by atoms with van der Waals surface area (Å²) in [7, 11) is 0. The number of aromatic nitrogens is 4. The number of aliphatic hydroxyl groups excluding tert-OH is 1. The Hall–Kier alpha value is -2.02. The van der Waals surface area contributed by atoms with Crippen molar-refractivity contribution in [2.24, 2.45) is 5.92 Å². The maximum Gasteiger partial charge on any atom is 0.229 e. The van der Waals surface area contributed by atoms with Gasteiger partial charge in [0.25, 0.3) is 0 Å². The van der Waals surface area contributed by atoms with E-state index in [9.17, 15) is 5.11 Å². The van der Waals surface area contributed by atoms with Crippen molar-refractivity contribution in [3.05, 3.63) is 29.2 Å². The van der Waals surface area contributed by atoms with Crippen molar-refractivity contribution in [2.45, 2.75) is 70.3 Å². The molecule has 0 unspecified atom stereocenters. The van der Waals surface area contributed by atoms with E-state index in [1.807, 2.05) is 13.0 Å². The largest absolute Gasteiger partial charge is 0.393 e. The molecule has 2 fully saturated rings. The molecule has 2 aliphatic rings.